The minimum absolute atomic E-state index is 0.372. The molecule has 4 nitrogen and oxygen atoms in total. The molecule has 0 spiro atoms. The highest BCUT2D eigenvalue weighted by Gasteiger charge is 2.20. The van der Waals surface area contributed by atoms with Crippen molar-refractivity contribution in [2.45, 2.75) is 32.0 Å². The lowest BCUT2D eigenvalue weighted by Crippen LogP contribution is -2.29. The molecule has 1 rings (SSSR count). The van der Waals surface area contributed by atoms with Crippen molar-refractivity contribution in [1.29, 1.82) is 0 Å². The second-order valence-corrected chi connectivity index (χ2v) is 4.96. The summed E-state index contributed by atoms with van der Waals surface area (Å²) in [5.41, 5.74) is 1.56. The Kier molecular flexibility index (Phi) is 6.25. The van der Waals surface area contributed by atoms with E-state index in [4.69, 9.17) is 4.74 Å². The van der Waals surface area contributed by atoms with Gasteiger partial charge in [0.15, 0.2) is 0 Å². The molecule has 20 heavy (non-hydrogen) atoms. The molecule has 0 fully saturated rings. The monoisotopic (exact) mass is 277 g/mol. The molecule has 1 aromatic carbocycles. The number of ether oxygens (including phenoxy) is 1. The summed E-state index contributed by atoms with van der Waals surface area (Å²) in [6.07, 6.45) is -0.380. The average Bonchev–Trinajstić information content (AvgIpc) is 2.44. The normalized spacial score (nSPS) is 13.4. The maximum atomic E-state index is 11.6. The van der Waals surface area contributed by atoms with Gasteiger partial charge in [0.1, 0.15) is 6.10 Å². The van der Waals surface area contributed by atoms with E-state index in [9.17, 15) is 9.90 Å². The van der Waals surface area contributed by atoms with E-state index in [1.807, 2.05) is 37.3 Å². The zero-order valence-electron chi connectivity index (χ0n) is 12.4. The highest BCUT2D eigenvalue weighted by molar-refractivity contribution is 5.67. The molecule has 4 heteroatoms. The van der Waals surface area contributed by atoms with E-state index in [0.717, 1.165) is 11.1 Å². The van der Waals surface area contributed by atoms with Gasteiger partial charge < -0.3 is 14.7 Å². The van der Waals surface area contributed by atoms with Gasteiger partial charge >= 0.3 is 6.09 Å². The van der Waals surface area contributed by atoms with Gasteiger partial charge in [0.25, 0.3) is 0 Å². The van der Waals surface area contributed by atoms with Gasteiger partial charge in [-0.05, 0) is 17.6 Å². The third-order valence-corrected chi connectivity index (χ3v) is 3.07. The summed E-state index contributed by atoms with van der Waals surface area (Å²) in [7, 11) is 3.27. The van der Waals surface area contributed by atoms with E-state index >= 15 is 0 Å². The summed E-state index contributed by atoms with van der Waals surface area (Å²) in [4.78, 5) is 13.0. The highest BCUT2D eigenvalue weighted by Crippen LogP contribution is 2.24. The summed E-state index contributed by atoms with van der Waals surface area (Å²) in [6.45, 7) is 5.87. The van der Waals surface area contributed by atoms with Gasteiger partial charge in [-0.15, -0.1) is 0 Å². The molecule has 1 N–H and O–H groups in total. The van der Waals surface area contributed by atoms with Crippen molar-refractivity contribution >= 4 is 6.09 Å². The zero-order chi connectivity index (χ0) is 15.1. The first-order chi connectivity index (χ1) is 9.45. The smallest absolute Gasteiger partial charge is 0.409 e. The molecule has 110 valence electrons. The van der Waals surface area contributed by atoms with Crippen LogP contribution in [0.2, 0.25) is 0 Å². The number of aliphatic hydroxyl groups is 1. The maximum absolute atomic E-state index is 11.6. The van der Waals surface area contributed by atoms with Gasteiger partial charge in [-0.25, -0.2) is 4.79 Å². The first-order valence-corrected chi connectivity index (χ1v) is 6.74. The topological polar surface area (TPSA) is 49.8 Å². The van der Waals surface area contributed by atoms with Crippen molar-refractivity contribution in [3.05, 3.63) is 48.0 Å². The van der Waals surface area contributed by atoms with Gasteiger partial charge in [-0.2, -0.15) is 0 Å². The second kappa shape index (κ2) is 7.70. The summed E-state index contributed by atoms with van der Waals surface area (Å²) in [5, 5.41) is 10.2. The lowest BCUT2D eigenvalue weighted by atomic mass is 9.98. The van der Waals surface area contributed by atoms with Gasteiger partial charge in [0, 0.05) is 20.5 Å². The van der Waals surface area contributed by atoms with Crippen LogP contribution in [0.3, 0.4) is 0 Å². The van der Waals surface area contributed by atoms with Crippen molar-refractivity contribution in [1.82, 2.24) is 4.90 Å². The molecule has 0 saturated heterocycles. The summed E-state index contributed by atoms with van der Waals surface area (Å²) >= 11 is 0. The Hall–Kier alpha value is -1.81. The summed E-state index contributed by atoms with van der Waals surface area (Å²) in [6, 6.07) is 9.39. The van der Waals surface area contributed by atoms with Crippen molar-refractivity contribution < 1.29 is 14.6 Å². The molecule has 0 aliphatic heterocycles. The summed E-state index contributed by atoms with van der Waals surface area (Å²) in [5.74, 6) is 0. The SMILES string of the molecule is C=C(C[C@H](O)c1ccccc1)[C@@H](CC)OC(=O)N(C)C. The van der Waals surface area contributed by atoms with Gasteiger partial charge in [-0.3, -0.25) is 0 Å². The maximum Gasteiger partial charge on any atom is 0.409 e. The molecule has 0 unspecified atom stereocenters. The number of benzene rings is 1. The second-order valence-electron chi connectivity index (χ2n) is 4.96. The van der Waals surface area contributed by atoms with E-state index in [0.29, 0.717) is 12.8 Å². The zero-order valence-corrected chi connectivity index (χ0v) is 12.4. The molecule has 1 aromatic rings. The molecule has 0 aliphatic rings. The lowest BCUT2D eigenvalue weighted by Gasteiger charge is -2.22. The molecule has 1 amide bonds. The largest absolute Gasteiger partial charge is 0.442 e. The molecule has 0 aliphatic carbocycles. The minimum atomic E-state index is -0.629. The molecule has 2 atom stereocenters. The van der Waals surface area contributed by atoms with Gasteiger partial charge in [-0.1, -0.05) is 43.8 Å². The van der Waals surface area contributed by atoms with Crippen LogP contribution in [0.4, 0.5) is 4.79 Å². The van der Waals surface area contributed by atoms with Crippen LogP contribution < -0.4 is 0 Å². The molecular formula is C16H23NO3. The third-order valence-electron chi connectivity index (χ3n) is 3.07. The van der Waals surface area contributed by atoms with E-state index in [2.05, 4.69) is 6.58 Å². The number of hydrogen-bond acceptors (Lipinski definition) is 3. The number of carbonyl (C=O) groups excluding carboxylic acids is 1. The van der Waals surface area contributed by atoms with Crippen molar-refractivity contribution in [3.8, 4) is 0 Å². The van der Waals surface area contributed by atoms with Gasteiger partial charge in [0.2, 0.25) is 0 Å². The lowest BCUT2D eigenvalue weighted by molar-refractivity contribution is 0.0814. The predicted molar refractivity (Wildman–Crippen MR) is 79.4 cm³/mol. The number of aliphatic hydroxyl groups excluding tert-OH is 1. The fourth-order valence-corrected chi connectivity index (χ4v) is 1.86. The van der Waals surface area contributed by atoms with Crippen LogP contribution in [0.25, 0.3) is 0 Å². The predicted octanol–water partition coefficient (Wildman–Crippen LogP) is 3.14. The van der Waals surface area contributed by atoms with Crippen LogP contribution >= 0.6 is 0 Å². The van der Waals surface area contributed by atoms with E-state index in [1.165, 1.54) is 4.90 Å². The number of hydrogen-bond donors (Lipinski definition) is 1. The minimum Gasteiger partial charge on any atom is -0.442 e. The van der Waals surface area contributed by atoms with Crippen LogP contribution in [0, 0.1) is 0 Å². The van der Waals surface area contributed by atoms with E-state index < -0.39 is 12.2 Å². The van der Waals surface area contributed by atoms with Crippen LogP contribution in [-0.2, 0) is 4.74 Å². The Labute approximate surface area is 120 Å². The highest BCUT2D eigenvalue weighted by atomic mass is 16.6. The standard InChI is InChI=1S/C16H23NO3/c1-5-15(20-16(19)17(3)4)12(2)11-14(18)13-9-7-6-8-10-13/h6-10,14-15,18H,2,5,11H2,1,3-4H3/t14-,15+/m0/s1. The van der Waals surface area contributed by atoms with Crippen molar-refractivity contribution in [2.24, 2.45) is 0 Å². The fraction of sp³-hybridized carbons (Fsp3) is 0.438. The number of nitrogens with zero attached hydrogens (tertiary/aromatic N) is 1. The molecule has 0 bridgehead atoms. The average molecular weight is 277 g/mol. The molecule has 0 radical (unpaired) electrons. The van der Waals surface area contributed by atoms with Crippen LogP contribution in [0.15, 0.2) is 42.5 Å². The third kappa shape index (κ3) is 4.70. The molecule has 0 aromatic heterocycles. The first-order valence-electron chi connectivity index (χ1n) is 6.74. The van der Waals surface area contributed by atoms with Gasteiger partial charge in [0.05, 0.1) is 6.10 Å². The summed E-state index contributed by atoms with van der Waals surface area (Å²) < 4.78 is 5.34. The Morgan fingerprint density at radius 2 is 1.95 bits per heavy atom. The molecule has 0 heterocycles. The Morgan fingerprint density at radius 3 is 2.45 bits per heavy atom. The number of rotatable bonds is 6. The molecular weight excluding hydrogens is 254 g/mol. The Morgan fingerprint density at radius 1 is 1.35 bits per heavy atom. The van der Waals surface area contributed by atoms with Crippen molar-refractivity contribution in [3.63, 3.8) is 0 Å². The number of amides is 1. The Bertz CT molecular complexity index is 442. The van der Waals surface area contributed by atoms with Crippen LogP contribution in [0.1, 0.15) is 31.4 Å². The van der Waals surface area contributed by atoms with E-state index in [-0.39, 0.29) is 6.10 Å². The quantitative estimate of drug-likeness (QED) is 0.813. The van der Waals surface area contributed by atoms with Crippen LogP contribution in [0.5, 0.6) is 0 Å². The Balaban J connectivity index is 2.61. The van der Waals surface area contributed by atoms with Crippen molar-refractivity contribution in [2.75, 3.05) is 14.1 Å². The van der Waals surface area contributed by atoms with E-state index in [1.54, 1.807) is 14.1 Å². The first kappa shape index (κ1) is 16.2. The van der Waals surface area contributed by atoms with Crippen LogP contribution in [-0.4, -0.2) is 36.3 Å². The molecule has 0 saturated carbocycles. The number of carbonyl (C=O) groups is 1. The fourth-order valence-electron chi connectivity index (χ4n) is 1.86.